The number of rotatable bonds is 8. The lowest BCUT2D eigenvalue weighted by Gasteiger charge is -2.09. The maximum atomic E-state index is 5.88. The number of hydrogen-bond donors (Lipinski definition) is 1. The first-order valence-corrected chi connectivity index (χ1v) is 8.43. The molecule has 0 atom stereocenters. The van der Waals surface area contributed by atoms with Crippen LogP contribution in [0.2, 0.25) is 0 Å². The highest BCUT2D eigenvalue weighted by Gasteiger charge is 1.99. The van der Waals surface area contributed by atoms with Crippen LogP contribution in [-0.4, -0.2) is 7.11 Å². The Hall–Kier alpha value is -2.78. The SMILES string of the molecule is COc1ccc(CNCc2cccc(OCc3ccccc3)c2)cc1. The van der Waals surface area contributed by atoms with Crippen LogP contribution >= 0.6 is 0 Å². The fourth-order valence-corrected chi connectivity index (χ4v) is 2.58. The normalized spacial score (nSPS) is 10.4. The molecule has 3 aromatic carbocycles. The quantitative estimate of drug-likeness (QED) is 0.655. The molecule has 0 spiro atoms. The third-order valence-electron chi connectivity index (χ3n) is 3.96. The van der Waals surface area contributed by atoms with E-state index in [1.54, 1.807) is 7.11 Å². The molecule has 0 aliphatic heterocycles. The van der Waals surface area contributed by atoms with E-state index >= 15 is 0 Å². The summed E-state index contributed by atoms with van der Waals surface area (Å²) >= 11 is 0. The zero-order valence-electron chi connectivity index (χ0n) is 14.4. The van der Waals surface area contributed by atoms with Crippen LogP contribution in [0, 0.1) is 0 Å². The van der Waals surface area contributed by atoms with Gasteiger partial charge < -0.3 is 14.8 Å². The third-order valence-corrected chi connectivity index (χ3v) is 3.96. The lowest BCUT2D eigenvalue weighted by Crippen LogP contribution is -2.12. The molecule has 3 heteroatoms. The zero-order valence-corrected chi connectivity index (χ0v) is 14.4. The topological polar surface area (TPSA) is 30.5 Å². The highest BCUT2D eigenvalue weighted by atomic mass is 16.5. The molecule has 0 fully saturated rings. The molecule has 0 radical (unpaired) electrons. The van der Waals surface area contributed by atoms with Crippen molar-refractivity contribution in [3.8, 4) is 11.5 Å². The standard InChI is InChI=1S/C22H23NO2/c1-24-21-12-10-18(11-13-21)15-23-16-20-8-5-9-22(14-20)25-17-19-6-3-2-4-7-19/h2-14,23H,15-17H2,1H3. The van der Waals surface area contributed by atoms with Gasteiger partial charge in [0.05, 0.1) is 7.11 Å². The Morgan fingerprint density at radius 3 is 2.16 bits per heavy atom. The summed E-state index contributed by atoms with van der Waals surface area (Å²) in [7, 11) is 1.68. The molecule has 0 saturated carbocycles. The minimum Gasteiger partial charge on any atom is -0.497 e. The summed E-state index contributed by atoms with van der Waals surface area (Å²) in [5, 5.41) is 3.46. The zero-order chi connectivity index (χ0) is 17.3. The van der Waals surface area contributed by atoms with Crippen molar-refractivity contribution in [1.29, 1.82) is 0 Å². The molecule has 25 heavy (non-hydrogen) atoms. The summed E-state index contributed by atoms with van der Waals surface area (Å²) in [5.74, 6) is 1.78. The molecule has 1 N–H and O–H groups in total. The monoisotopic (exact) mass is 333 g/mol. The lowest BCUT2D eigenvalue weighted by molar-refractivity contribution is 0.306. The van der Waals surface area contributed by atoms with Crippen LogP contribution in [0.5, 0.6) is 11.5 Å². The van der Waals surface area contributed by atoms with Crippen molar-refractivity contribution in [2.75, 3.05) is 7.11 Å². The van der Waals surface area contributed by atoms with Crippen LogP contribution in [-0.2, 0) is 19.7 Å². The van der Waals surface area contributed by atoms with Crippen LogP contribution in [0.25, 0.3) is 0 Å². The summed E-state index contributed by atoms with van der Waals surface area (Å²) in [6.45, 7) is 2.21. The fourth-order valence-electron chi connectivity index (χ4n) is 2.58. The number of hydrogen-bond acceptors (Lipinski definition) is 3. The van der Waals surface area contributed by atoms with E-state index in [0.717, 1.165) is 24.6 Å². The van der Waals surface area contributed by atoms with Crippen molar-refractivity contribution in [1.82, 2.24) is 5.32 Å². The van der Waals surface area contributed by atoms with Crippen LogP contribution in [0.1, 0.15) is 16.7 Å². The summed E-state index contributed by atoms with van der Waals surface area (Å²) < 4.78 is 11.1. The molecule has 0 heterocycles. The van der Waals surface area contributed by atoms with Gasteiger partial charge in [0.1, 0.15) is 18.1 Å². The molecule has 3 rings (SSSR count). The summed E-state index contributed by atoms with van der Waals surface area (Å²) in [5.41, 5.74) is 3.61. The molecule has 128 valence electrons. The maximum absolute atomic E-state index is 5.88. The largest absolute Gasteiger partial charge is 0.497 e. The second-order valence-electron chi connectivity index (χ2n) is 5.87. The molecule has 0 amide bonds. The van der Waals surface area contributed by atoms with Crippen molar-refractivity contribution in [3.05, 3.63) is 95.6 Å². The third kappa shape index (κ3) is 5.37. The number of nitrogens with one attached hydrogen (secondary N) is 1. The summed E-state index contributed by atoms with van der Waals surface area (Å²) in [4.78, 5) is 0. The van der Waals surface area contributed by atoms with Gasteiger partial charge in [-0.1, -0.05) is 54.6 Å². The number of ether oxygens (including phenoxy) is 2. The molecule has 3 nitrogen and oxygen atoms in total. The Kier molecular flexibility index (Phi) is 6.07. The van der Waals surface area contributed by atoms with Gasteiger partial charge in [-0.3, -0.25) is 0 Å². The van der Waals surface area contributed by atoms with E-state index in [-0.39, 0.29) is 0 Å². The van der Waals surface area contributed by atoms with E-state index < -0.39 is 0 Å². The van der Waals surface area contributed by atoms with Crippen molar-refractivity contribution >= 4 is 0 Å². The van der Waals surface area contributed by atoms with Gasteiger partial charge in [0.25, 0.3) is 0 Å². The predicted molar refractivity (Wildman–Crippen MR) is 101 cm³/mol. The van der Waals surface area contributed by atoms with Gasteiger partial charge in [-0.05, 0) is 41.0 Å². The summed E-state index contributed by atoms with van der Waals surface area (Å²) in [6, 6.07) is 26.5. The van der Waals surface area contributed by atoms with Gasteiger partial charge >= 0.3 is 0 Å². The molecule has 0 saturated heterocycles. The van der Waals surface area contributed by atoms with E-state index in [2.05, 4.69) is 41.7 Å². The Balaban J connectivity index is 1.49. The summed E-state index contributed by atoms with van der Waals surface area (Å²) in [6.07, 6.45) is 0. The van der Waals surface area contributed by atoms with Crippen molar-refractivity contribution in [2.24, 2.45) is 0 Å². The van der Waals surface area contributed by atoms with Crippen LogP contribution in [0.4, 0.5) is 0 Å². The minimum atomic E-state index is 0.587. The molecule has 3 aromatic rings. The Morgan fingerprint density at radius 2 is 1.40 bits per heavy atom. The van der Waals surface area contributed by atoms with Crippen LogP contribution in [0.15, 0.2) is 78.9 Å². The van der Waals surface area contributed by atoms with E-state index in [4.69, 9.17) is 9.47 Å². The average Bonchev–Trinajstić information content (AvgIpc) is 2.68. The van der Waals surface area contributed by atoms with Gasteiger partial charge in [-0.2, -0.15) is 0 Å². The first-order chi connectivity index (χ1) is 12.3. The van der Waals surface area contributed by atoms with Crippen LogP contribution < -0.4 is 14.8 Å². The molecule has 0 bridgehead atoms. The second-order valence-corrected chi connectivity index (χ2v) is 5.87. The Morgan fingerprint density at radius 1 is 0.680 bits per heavy atom. The minimum absolute atomic E-state index is 0.587. The molecule has 0 aliphatic carbocycles. The van der Waals surface area contributed by atoms with Gasteiger partial charge in [-0.25, -0.2) is 0 Å². The first-order valence-electron chi connectivity index (χ1n) is 8.43. The smallest absolute Gasteiger partial charge is 0.120 e. The Bertz CT molecular complexity index is 770. The molecular weight excluding hydrogens is 310 g/mol. The second kappa shape index (κ2) is 8.90. The highest BCUT2D eigenvalue weighted by molar-refractivity contribution is 5.30. The van der Waals surface area contributed by atoms with Crippen LogP contribution in [0.3, 0.4) is 0 Å². The predicted octanol–water partition coefficient (Wildman–Crippen LogP) is 4.56. The molecule has 0 unspecified atom stereocenters. The van der Waals surface area contributed by atoms with Gasteiger partial charge in [-0.15, -0.1) is 0 Å². The van der Waals surface area contributed by atoms with Gasteiger partial charge in [0.2, 0.25) is 0 Å². The average molecular weight is 333 g/mol. The van der Waals surface area contributed by atoms with E-state index in [1.807, 2.05) is 42.5 Å². The fraction of sp³-hybridized carbons (Fsp3) is 0.182. The van der Waals surface area contributed by atoms with Crippen molar-refractivity contribution in [3.63, 3.8) is 0 Å². The van der Waals surface area contributed by atoms with E-state index in [9.17, 15) is 0 Å². The Labute approximate surface area is 149 Å². The molecule has 0 aliphatic rings. The number of methoxy groups -OCH3 is 1. The van der Waals surface area contributed by atoms with E-state index in [1.165, 1.54) is 16.7 Å². The first kappa shape index (κ1) is 17.1. The van der Waals surface area contributed by atoms with Gasteiger partial charge in [0.15, 0.2) is 0 Å². The van der Waals surface area contributed by atoms with Gasteiger partial charge in [0, 0.05) is 13.1 Å². The maximum Gasteiger partial charge on any atom is 0.120 e. The van der Waals surface area contributed by atoms with E-state index in [0.29, 0.717) is 6.61 Å². The molecular formula is C22H23NO2. The molecule has 0 aromatic heterocycles. The van der Waals surface area contributed by atoms with Crippen molar-refractivity contribution in [2.45, 2.75) is 19.7 Å². The van der Waals surface area contributed by atoms with Crippen molar-refractivity contribution < 1.29 is 9.47 Å². The lowest BCUT2D eigenvalue weighted by atomic mass is 10.2. The number of benzene rings is 3. The highest BCUT2D eigenvalue weighted by Crippen LogP contribution is 2.16.